The van der Waals surface area contributed by atoms with Crippen LogP contribution >= 0.6 is 57.8 Å². The first-order valence-electron chi connectivity index (χ1n) is 18.9. The SMILES string of the molecule is Cc1cc(CC(=O)NS(=O)(=O)c2ccc(Sc3cccc(Cl)c3)s2)n(-c2ccccc2)n1.Cc1cc(CC(=O)NS(=O)(=O)c2ccc(Sc3ccccc3)s2)n(-c2ccccc2)n1. The molecule has 4 aromatic heterocycles. The number of para-hydroxylation sites is 2. The van der Waals surface area contributed by atoms with E-state index in [0.29, 0.717) is 16.4 Å². The summed E-state index contributed by atoms with van der Waals surface area (Å²) in [6, 6.07) is 45.8. The van der Waals surface area contributed by atoms with E-state index in [4.69, 9.17) is 11.6 Å². The second kappa shape index (κ2) is 20.4. The van der Waals surface area contributed by atoms with E-state index in [-0.39, 0.29) is 21.3 Å². The van der Waals surface area contributed by atoms with Gasteiger partial charge in [0.25, 0.3) is 20.0 Å². The minimum atomic E-state index is -3.98. The fraction of sp³-hybridized carbons (Fsp3) is 0.0909. The number of carbonyl (C=O) groups excluding carboxylic acids is 2. The van der Waals surface area contributed by atoms with Gasteiger partial charge in [-0.1, -0.05) is 95.8 Å². The van der Waals surface area contributed by atoms with Crippen molar-refractivity contribution in [3.05, 3.63) is 179 Å². The summed E-state index contributed by atoms with van der Waals surface area (Å²) in [7, 11) is -7.93. The largest absolute Gasteiger partial charge is 0.274 e. The Kier molecular flexibility index (Phi) is 14.7. The van der Waals surface area contributed by atoms with Gasteiger partial charge in [0.2, 0.25) is 11.8 Å². The molecule has 0 saturated heterocycles. The fourth-order valence-electron chi connectivity index (χ4n) is 6.00. The van der Waals surface area contributed by atoms with Crippen LogP contribution in [0.25, 0.3) is 11.4 Å². The number of hydrogen-bond acceptors (Lipinski definition) is 12. The maximum atomic E-state index is 12.7. The number of nitrogens with zero attached hydrogens (tertiary/aromatic N) is 4. The van der Waals surface area contributed by atoms with Gasteiger partial charge in [-0.25, -0.2) is 35.6 Å². The summed E-state index contributed by atoms with van der Waals surface area (Å²) in [6.07, 6.45) is -0.226. The van der Waals surface area contributed by atoms with Crippen molar-refractivity contribution in [1.29, 1.82) is 0 Å². The molecule has 2 N–H and O–H groups in total. The first-order valence-corrected chi connectivity index (χ1v) is 25.5. The van der Waals surface area contributed by atoms with Crippen LogP contribution in [-0.2, 0) is 42.5 Å². The molecule has 0 unspecified atom stereocenters. The third-order valence-corrected chi connectivity index (χ3v) is 17.0. The number of aryl methyl sites for hydroxylation is 2. The van der Waals surface area contributed by atoms with Gasteiger partial charge in [-0.3, -0.25) is 9.59 Å². The Morgan fingerprint density at radius 2 is 0.968 bits per heavy atom. The van der Waals surface area contributed by atoms with Crippen LogP contribution < -0.4 is 9.44 Å². The van der Waals surface area contributed by atoms with Crippen molar-refractivity contribution in [2.45, 2.75) is 53.3 Å². The van der Waals surface area contributed by atoms with E-state index in [1.165, 1.54) is 35.7 Å². The molecule has 4 aromatic carbocycles. The topological polar surface area (TPSA) is 162 Å². The van der Waals surface area contributed by atoms with Crippen LogP contribution in [-0.4, -0.2) is 48.2 Å². The Bertz CT molecular complexity index is 3080. The molecule has 4 heterocycles. The van der Waals surface area contributed by atoms with Crippen LogP contribution in [0.15, 0.2) is 178 Å². The number of benzene rings is 4. The van der Waals surface area contributed by atoms with E-state index in [9.17, 15) is 26.4 Å². The molecule has 0 spiro atoms. The monoisotopic (exact) mass is 972 g/mol. The van der Waals surface area contributed by atoms with Gasteiger partial charge < -0.3 is 0 Å². The van der Waals surface area contributed by atoms with Gasteiger partial charge in [-0.2, -0.15) is 10.2 Å². The molecule has 2 amide bonds. The Balaban J connectivity index is 0.000000189. The molecule has 19 heteroatoms. The zero-order valence-corrected chi connectivity index (χ0v) is 39.1. The quantitative estimate of drug-likeness (QED) is 0.107. The van der Waals surface area contributed by atoms with Crippen LogP contribution in [0.4, 0.5) is 0 Å². The van der Waals surface area contributed by atoms with Crippen molar-refractivity contribution < 1.29 is 26.4 Å². The van der Waals surface area contributed by atoms with Crippen molar-refractivity contribution in [1.82, 2.24) is 29.0 Å². The molecular weight excluding hydrogens is 936 g/mol. The number of hydrogen-bond donors (Lipinski definition) is 2. The second-order valence-corrected chi connectivity index (χ2v) is 22.8. The predicted molar refractivity (Wildman–Crippen MR) is 249 cm³/mol. The highest BCUT2D eigenvalue weighted by Gasteiger charge is 2.23. The standard InChI is InChI=1S/C22H18ClN3O3S3.C22H19N3O3S3/c1-15-12-18(26(24-15)17-7-3-2-4-8-17)14-20(27)25-32(28,29)22-11-10-21(31-22)30-19-9-5-6-16(23)13-19;1-16-14-18(25(23-16)17-8-4-2-5-9-17)15-20(26)24-31(27,28)22-13-12-21(30-22)29-19-10-6-3-7-11-19/h2-13H,14H2,1H3,(H,25,27);2-14H,15H2,1H3,(H,24,26). The second-order valence-electron chi connectivity index (χ2n) is 13.6. The number of sulfonamides is 2. The lowest BCUT2D eigenvalue weighted by Crippen LogP contribution is -2.31. The average molecular weight is 974 g/mol. The first kappa shape index (κ1) is 45.6. The van der Waals surface area contributed by atoms with Crippen LogP contribution in [0, 0.1) is 13.8 Å². The van der Waals surface area contributed by atoms with Gasteiger partial charge in [-0.15, -0.1) is 22.7 Å². The zero-order chi connectivity index (χ0) is 44.6. The number of carbonyl (C=O) groups is 2. The van der Waals surface area contributed by atoms with Crippen LogP contribution in [0.5, 0.6) is 0 Å². The van der Waals surface area contributed by atoms with E-state index in [1.807, 2.05) is 117 Å². The van der Waals surface area contributed by atoms with E-state index < -0.39 is 31.9 Å². The summed E-state index contributed by atoms with van der Waals surface area (Å²) in [5, 5.41) is 9.44. The molecule has 8 rings (SSSR count). The molecule has 12 nitrogen and oxygen atoms in total. The minimum Gasteiger partial charge on any atom is -0.274 e. The lowest BCUT2D eigenvalue weighted by Gasteiger charge is -2.08. The van der Waals surface area contributed by atoms with Gasteiger partial charge in [0, 0.05) is 14.8 Å². The third kappa shape index (κ3) is 12.4. The molecule has 0 radical (unpaired) electrons. The normalized spacial score (nSPS) is 11.4. The number of nitrogens with one attached hydrogen (secondary N) is 2. The Hall–Kier alpha value is -5.47. The third-order valence-electron chi connectivity index (χ3n) is 8.61. The van der Waals surface area contributed by atoms with Crippen LogP contribution in [0.1, 0.15) is 22.8 Å². The van der Waals surface area contributed by atoms with E-state index in [2.05, 4.69) is 19.6 Å². The highest BCUT2D eigenvalue weighted by atomic mass is 35.5. The molecule has 0 fully saturated rings. The maximum Gasteiger partial charge on any atom is 0.273 e. The van der Waals surface area contributed by atoms with Gasteiger partial charge in [0.1, 0.15) is 8.42 Å². The summed E-state index contributed by atoms with van der Waals surface area (Å²) < 4.78 is 60.3. The minimum absolute atomic E-state index is 0.0723. The predicted octanol–water partition coefficient (Wildman–Crippen LogP) is 9.54. The van der Waals surface area contributed by atoms with Crippen molar-refractivity contribution in [3.8, 4) is 11.4 Å². The van der Waals surface area contributed by atoms with E-state index in [0.717, 1.165) is 63.6 Å². The molecule has 0 bridgehead atoms. The number of aromatic nitrogens is 4. The lowest BCUT2D eigenvalue weighted by atomic mass is 10.2. The van der Waals surface area contributed by atoms with E-state index in [1.54, 1.807) is 45.8 Å². The first-order chi connectivity index (χ1) is 30.2. The van der Waals surface area contributed by atoms with Gasteiger partial charge in [-0.05, 0) is 105 Å². The van der Waals surface area contributed by atoms with Crippen molar-refractivity contribution >= 4 is 89.7 Å². The highest BCUT2D eigenvalue weighted by Crippen LogP contribution is 2.37. The zero-order valence-electron chi connectivity index (χ0n) is 33.4. The number of rotatable bonds is 14. The summed E-state index contributed by atoms with van der Waals surface area (Å²) in [4.78, 5) is 27.1. The van der Waals surface area contributed by atoms with E-state index >= 15 is 0 Å². The summed E-state index contributed by atoms with van der Waals surface area (Å²) in [5.74, 6) is -1.23. The summed E-state index contributed by atoms with van der Waals surface area (Å²) in [6.45, 7) is 3.65. The molecule has 0 atom stereocenters. The Morgan fingerprint density at radius 1 is 0.556 bits per heavy atom. The Morgan fingerprint density at radius 3 is 1.41 bits per heavy atom. The number of thiophene rings is 2. The van der Waals surface area contributed by atoms with Crippen LogP contribution in [0.2, 0.25) is 5.02 Å². The van der Waals surface area contributed by atoms with Crippen molar-refractivity contribution in [3.63, 3.8) is 0 Å². The molecule has 0 saturated carbocycles. The average Bonchev–Trinajstić information content (AvgIpc) is 4.07. The summed E-state index contributed by atoms with van der Waals surface area (Å²) >= 11 is 11.1. The number of halogens is 1. The highest BCUT2D eigenvalue weighted by molar-refractivity contribution is 8.02. The smallest absolute Gasteiger partial charge is 0.273 e. The van der Waals surface area contributed by atoms with Crippen LogP contribution in [0.3, 0.4) is 0 Å². The molecule has 8 aromatic rings. The number of amides is 2. The molecular formula is C44H37ClN6O6S6. The molecule has 0 aliphatic heterocycles. The lowest BCUT2D eigenvalue weighted by molar-refractivity contribution is -0.119. The van der Waals surface area contributed by atoms with Gasteiger partial charge in [0.05, 0.1) is 55.4 Å². The van der Waals surface area contributed by atoms with Gasteiger partial charge in [0.15, 0.2) is 0 Å². The Labute approximate surface area is 386 Å². The maximum absolute atomic E-state index is 12.7. The summed E-state index contributed by atoms with van der Waals surface area (Å²) in [5.41, 5.74) is 4.30. The molecule has 63 heavy (non-hydrogen) atoms. The molecule has 0 aliphatic carbocycles. The van der Waals surface area contributed by atoms with Crippen molar-refractivity contribution in [2.24, 2.45) is 0 Å². The van der Waals surface area contributed by atoms with Gasteiger partial charge >= 0.3 is 0 Å². The molecule has 322 valence electrons. The van der Waals surface area contributed by atoms with Crippen molar-refractivity contribution in [2.75, 3.05) is 0 Å². The molecule has 0 aliphatic rings. The fourth-order valence-corrected chi connectivity index (χ4v) is 13.4.